The van der Waals surface area contributed by atoms with Gasteiger partial charge in [-0.3, -0.25) is 4.79 Å². The van der Waals surface area contributed by atoms with Gasteiger partial charge < -0.3 is 5.32 Å². The summed E-state index contributed by atoms with van der Waals surface area (Å²) >= 11 is 3.30. The van der Waals surface area contributed by atoms with Crippen molar-refractivity contribution in [2.24, 2.45) is 0 Å². The molecule has 4 nitrogen and oxygen atoms in total. The fourth-order valence-corrected chi connectivity index (χ4v) is 2.85. The minimum Gasteiger partial charge on any atom is -0.348 e. The first-order valence-electron chi connectivity index (χ1n) is 5.93. The number of hydrogen-bond acceptors (Lipinski definition) is 3. The molecule has 0 aromatic heterocycles. The summed E-state index contributed by atoms with van der Waals surface area (Å²) in [6.07, 6.45) is 0. The second kappa shape index (κ2) is 6.60. The van der Waals surface area contributed by atoms with Crippen LogP contribution in [0.1, 0.15) is 15.9 Å². The monoisotopic (exact) mass is 387 g/mol. The average Bonchev–Trinajstić information content (AvgIpc) is 2.44. The fraction of sp³-hybridized carbons (Fsp3) is 0.0714. The largest absolute Gasteiger partial charge is 0.348 e. The maximum Gasteiger partial charge on any atom is 0.261 e. The molecule has 0 atom stereocenters. The number of halogens is 2. The molecular weight excluding hydrogens is 378 g/mol. The van der Waals surface area contributed by atoms with Crippen molar-refractivity contribution in [3.63, 3.8) is 0 Å². The van der Waals surface area contributed by atoms with Crippen LogP contribution in [0.25, 0.3) is 0 Å². The number of nitrogens with one attached hydrogen (secondary N) is 1. The molecule has 0 fully saturated rings. The van der Waals surface area contributed by atoms with Gasteiger partial charge in [0.2, 0.25) is 0 Å². The van der Waals surface area contributed by atoms with Crippen LogP contribution in [0, 0.1) is 0 Å². The van der Waals surface area contributed by atoms with Crippen LogP contribution < -0.4 is 5.32 Å². The second-order valence-corrected chi connectivity index (χ2v) is 7.76. The van der Waals surface area contributed by atoms with E-state index >= 15 is 0 Å². The minimum atomic E-state index is -3.72. The molecule has 110 valence electrons. The summed E-state index contributed by atoms with van der Waals surface area (Å²) in [5, 5.41) is 2.76. The zero-order valence-electron chi connectivity index (χ0n) is 10.7. The summed E-state index contributed by atoms with van der Waals surface area (Å²) in [5.41, 5.74) is 1.33. The molecule has 0 aliphatic heterocycles. The van der Waals surface area contributed by atoms with Gasteiger partial charge in [-0.2, -0.15) is 0 Å². The van der Waals surface area contributed by atoms with E-state index in [0.29, 0.717) is 12.1 Å². The molecule has 7 heteroatoms. The predicted octanol–water partition coefficient (Wildman–Crippen LogP) is 3.31. The highest BCUT2D eigenvalue weighted by Gasteiger charge is 2.09. The van der Waals surface area contributed by atoms with Crippen LogP contribution in [0.4, 0.5) is 0 Å². The van der Waals surface area contributed by atoms with E-state index in [2.05, 4.69) is 21.2 Å². The highest BCUT2D eigenvalue weighted by atomic mass is 79.9. The Morgan fingerprint density at radius 1 is 1.14 bits per heavy atom. The Hall–Kier alpha value is -1.37. The van der Waals surface area contributed by atoms with Gasteiger partial charge in [0.25, 0.3) is 15.0 Å². The molecule has 0 aliphatic rings. The predicted molar refractivity (Wildman–Crippen MR) is 84.8 cm³/mol. The SMILES string of the molecule is O=C(NCc1ccc(S(=O)(=O)Cl)cc1)c1cccc(Br)c1. The summed E-state index contributed by atoms with van der Waals surface area (Å²) in [4.78, 5) is 12.0. The number of hydrogen-bond donors (Lipinski definition) is 1. The Bertz CT molecular complexity index is 760. The molecule has 0 saturated heterocycles. The van der Waals surface area contributed by atoms with Crippen LogP contribution in [0.2, 0.25) is 0 Å². The number of amides is 1. The molecule has 0 radical (unpaired) electrons. The molecule has 1 N–H and O–H groups in total. The van der Waals surface area contributed by atoms with Crippen molar-refractivity contribution in [2.45, 2.75) is 11.4 Å². The van der Waals surface area contributed by atoms with Crippen molar-refractivity contribution in [3.8, 4) is 0 Å². The maximum absolute atomic E-state index is 11.9. The number of carbonyl (C=O) groups excluding carboxylic acids is 1. The first kappa shape index (κ1) is 16.0. The summed E-state index contributed by atoms with van der Waals surface area (Å²) in [5.74, 6) is -0.203. The Morgan fingerprint density at radius 3 is 2.38 bits per heavy atom. The molecular formula is C14H11BrClNO3S. The number of carbonyl (C=O) groups is 1. The molecule has 0 bridgehead atoms. The van der Waals surface area contributed by atoms with Gasteiger partial charge in [0, 0.05) is 27.3 Å². The van der Waals surface area contributed by atoms with Crippen molar-refractivity contribution in [1.29, 1.82) is 0 Å². The Balaban J connectivity index is 2.02. The summed E-state index contributed by atoms with van der Waals surface area (Å²) in [7, 11) is 1.51. The van der Waals surface area contributed by atoms with Gasteiger partial charge in [0.05, 0.1) is 4.90 Å². The van der Waals surface area contributed by atoms with Gasteiger partial charge in [-0.05, 0) is 35.9 Å². The lowest BCUT2D eigenvalue weighted by molar-refractivity contribution is 0.0951. The van der Waals surface area contributed by atoms with Crippen LogP contribution in [-0.2, 0) is 15.6 Å². The normalized spacial score (nSPS) is 11.1. The lowest BCUT2D eigenvalue weighted by Crippen LogP contribution is -2.22. The Morgan fingerprint density at radius 2 is 1.81 bits per heavy atom. The number of benzene rings is 2. The van der Waals surface area contributed by atoms with Crippen LogP contribution in [0.15, 0.2) is 57.9 Å². The molecule has 21 heavy (non-hydrogen) atoms. The first-order chi connectivity index (χ1) is 9.86. The smallest absolute Gasteiger partial charge is 0.261 e. The third-order valence-electron chi connectivity index (χ3n) is 2.74. The maximum atomic E-state index is 11.9. The molecule has 1 amide bonds. The first-order valence-corrected chi connectivity index (χ1v) is 9.04. The van der Waals surface area contributed by atoms with Crippen LogP contribution in [-0.4, -0.2) is 14.3 Å². The standard InChI is InChI=1S/C14H11BrClNO3S/c15-12-3-1-2-11(8-12)14(18)17-9-10-4-6-13(7-5-10)21(16,19)20/h1-8H,9H2,(H,17,18). The molecule has 0 aliphatic carbocycles. The van der Waals surface area contributed by atoms with Crippen molar-refractivity contribution in [1.82, 2.24) is 5.32 Å². The topological polar surface area (TPSA) is 63.2 Å². The molecule has 2 aromatic rings. The van der Waals surface area contributed by atoms with Crippen molar-refractivity contribution in [2.75, 3.05) is 0 Å². The van der Waals surface area contributed by atoms with E-state index in [9.17, 15) is 13.2 Å². The summed E-state index contributed by atoms with van der Waals surface area (Å²) in [6, 6.07) is 13.1. The molecule has 2 aromatic carbocycles. The summed E-state index contributed by atoms with van der Waals surface area (Å²) in [6.45, 7) is 0.300. The quantitative estimate of drug-likeness (QED) is 0.817. The van der Waals surface area contributed by atoms with E-state index in [0.717, 1.165) is 10.0 Å². The average molecular weight is 389 g/mol. The molecule has 0 unspecified atom stereocenters. The van der Waals surface area contributed by atoms with Gasteiger partial charge >= 0.3 is 0 Å². The van der Waals surface area contributed by atoms with Gasteiger partial charge in [0.15, 0.2) is 0 Å². The minimum absolute atomic E-state index is 0.0335. The van der Waals surface area contributed by atoms with E-state index in [1.54, 1.807) is 30.3 Å². The van der Waals surface area contributed by atoms with E-state index < -0.39 is 9.05 Å². The molecule has 0 saturated carbocycles. The van der Waals surface area contributed by atoms with Crippen molar-refractivity contribution in [3.05, 3.63) is 64.1 Å². The third kappa shape index (κ3) is 4.56. The van der Waals surface area contributed by atoms with E-state index in [1.807, 2.05) is 6.07 Å². The van der Waals surface area contributed by atoms with Crippen LogP contribution >= 0.6 is 26.6 Å². The van der Waals surface area contributed by atoms with Crippen LogP contribution in [0.3, 0.4) is 0 Å². The number of rotatable bonds is 4. The van der Waals surface area contributed by atoms with Crippen LogP contribution in [0.5, 0.6) is 0 Å². The summed E-state index contributed by atoms with van der Waals surface area (Å²) < 4.78 is 23.1. The fourth-order valence-electron chi connectivity index (χ4n) is 1.68. The van der Waals surface area contributed by atoms with Gasteiger partial charge in [0.1, 0.15) is 0 Å². The van der Waals surface area contributed by atoms with Gasteiger partial charge in [-0.15, -0.1) is 0 Å². The van der Waals surface area contributed by atoms with Crippen molar-refractivity contribution >= 4 is 41.6 Å². The lowest BCUT2D eigenvalue weighted by atomic mass is 10.2. The van der Waals surface area contributed by atoms with E-state index in [4.69, 9.17) is 10.7 Å². The van der Waals surface area contributed by atoms with E-state index in [1.165, 1.54) is 12.1 Å². The molecule has 2 rings (SSSR count). The highest BCUT2D eigenvalue weighted by molar-refractivity contribution is 9.10. The second-order valence-electron chi connectivity index (χ2n) is 4.27. The zero-order valence-corrected chi connectivity index (χ0v) is 13.9. The van der Waals surface area contributed by atoms with E-state index in [-0.39, 0.29) is 10.8 Å². The highest BCUT2D eigenvalue weighted by Crippen LogP contribution is 2.15. The zero-order chi connectivity index (χ0) is 15.5. The van der Waals surface area contributed by atoms with Gasteiger partial charge in [-0.1, -0.05) is 34.1 Å². The van der Waals surface area contributed by atoms with Crippen molar-refractivity contribution < 1.29 is 13.2 Å². The Kier molecular flexibility index (Phi) is 5.03. The molecule has 0 spiro atoms. The Labute approximate surface area is 135 Å². The van der Waals surface area contributed by atoms with Gasteiger partial charge in [-0.25, -0.2) is 8.42 Å². The molecule has 0 heterocycles. The third-order valence-corrected chi connectivity index (χ3v) is 4.61. The lowest BCUT2D eigenvalue weighted by Gasteiger charge is -2.06.